The zero-order valence-corrected chi connectivity index (χ0v) is 9.23. The van der Waals surface area contributed by atoms with Crippen molar-refractivity contribution in [2.24, 2.45) is 0 Å². The van der Waals surface area contributed by atoms with E-state index in [0.29, 0.717) is 12.3 Å². The predicted octanol–water partition coefficient (Wildman–Crippen LogP) is 2.99. The zero-order chi connectivity index (χ0) is 14.0. The molecule has 0 amide bonds. The van der Waals surface area contributed by atoms with Gasteiger partial charge in [-0.3, -0.25) is 0 Å². The molecule has 0 aliphatic heterocycles. The Kier molecular flexibility index (Phi) is 3.37. The average molecular weight is 269 g/mol. The van der Waals surface area contributed by atoms with Gasteiger partial charge in [0.2, 0.25) is 0 Å². The van der Waals surface area contributed by atoms with Gasteiger partial charge in [-0.25, -0.2) is 22.9 Å². The molecule has 0 saturated carbocycles. The summed E-state index contributed by atoms with van der Waals surface area (Å²) in [5.41, 5.74) is -0.756. The lowest BCUT2D eigenvalue weighted by molar-refractivity contribution is 0.0688. The van der Waals surface area contributed by atoms with E-state index in [1.807, 2.05) is 0 Å². The van der Waals surface area contributed by atoms with Crippen LogP contribution in [0.25, 0.3) is 0 Å². The molecule has 0 saturated heterocycles. The number of carbonyl (C=O) groups is 1. The highest BCUT2D eigenvalue weighted by Gasteiger charge is 2.19. The Morgan fingerprint density at radius 1 is 1.21 bits per heavy atom. The molecule has 1 aromatic carbocycles. The highest BCUT2D eigenvalue weighted by atomic mass is 19.1. The smallest absolute Gasteiger partial charge is 0.342 e. The van der Waals surface area contributed by atoms with Crippen LogP contribution >= 0.6 is 0 Å². The van der Waals surface area contributed by atoms with Gasteiger partial charge in [0.1, 0.15) is 22.9 Å². The van der Waals surface area contributed by atoms with E-state index >= 15 is 0 Å². The number of nitrogens with zero attached hydrogens (tertiary/aromatic N) is 1. The summed E-state index contributed by atoms with van der Waals surface area (Å²) in [4.78, 5) is 14.2. The van der Waals surface area contributed by atoms with E-state index in [4.69, 9.17) is 9.84 Å². The van der Waals surface area contributed by atoms with Gasteiger partial charge >= 0.3 is 5.97 Å². The first-order valence-electron chi connectivity index (χ1n) is 4.99. The normalized spacial score (nSPS) is 10.3. The summed E-state index contributed by atoms with van der Waals surface area (Å²) in [6, 6.07) is 3.77. The van der Waals surface area contributed by atoms with Crippen LogP contribution in [0, 0.1) is 17.5 Å². The van der Waals surface area contributed by atoms with Crippen molar-refractivity contribution < 1.29 is 27.8 Å². The molecule has 0 spiro atoms. The Morgan fingerprint density at radius 3 is 2.58 bits per heavy atom. The Hall–Kier alpha value is -2.57. The number of pyridine rings is 1. The SMILES string of the molecule is O=C(O)c1c(F)cccc1Oc1ncc(F)cc1F. The van der Waals surface area contributed by atoms with Crippen LogP contribution < -0.4 is 4.74 Å². The average Bonchev–Trinajstić information content (AvgIpc) is 2.32. The maximum absolute atomic E-state index is 13.3. The molecule has 1 aromatic heterocycles. The highest BCUT2D eigenvalue weighted by molar-refractivity contribution is 5.91. The van der Waals surface area contributed by atoms with Gasteiger partial charge in [-0.05, 0) is 12.1 Å². The molecule has 0 fully saturated rings. The van der Waals surface area contributed by atoms with Crippen LogP contribution in [-0.4, -0.2) is 16.1 Å². The number of benzene rings is 1. The van der Waals surface area contributed by atoms with Gasteiger partial charge in [-0.2, -0.15) is 0 Å². The lowest BCUT2D eigenvalue weighted by Gasteiger charge is -2.08. The molecule has 0 bridgehead atoms. The van der Waals surface area contributed by atoms with Gasteiger partial charge in [-0.15, -0.1) is 0 Å². The maximum atomic E-state index is 13.3. The monoisotopic (exact) mass is 269 g/mol. The van der Waals surface area contributed by atoms with Crippen molar-refractivity contribution in [2.75, 3.05) is 0 Å². The third kappa shape index (κ3) is 2.65. The Labute approximate surface area is 105 Å². The molecular weight excluding hydrogens is 263 g/mol. The van der Waals surface area contributed by atoms with E-state index in [2.05, 4.69) is 4.98 Å². The van der Waals surface area contributed by atoms with Crippen molar-refractivity contribution in [3.63, 3.8) is 0 Å². The Bertz CT molecular complexity index is 646. The minimum atomic E-state index is -1.57. The summed E-state index contributed by atoms with van der Waals surface area (Å²) in [6.45, 7) is 0. The molecule has 2 rings (SSSR count). The number of ether oxygens (including phenoxy) is 1. The molecule has 0 atom stereocenters. The number of halogens is 3. The first-order chi connectivity index (χ1) is 8.99. The van der Waals surface area contributed by atoms with Crippen LogP contribution in [0.5, 0.6) is 11.6 Å². The summed E-state index contributed by atoms with van der Waals surface area (Å²) in [5.74, 6) is -5.72. The molecule has 4 nitrogen and oxygen atoms in total. The molecule has 1 N–H and O–H groups in total. The molecule has 0 radical (unpaired) electrons. The summed E-state index contributed by atoms with van der Waals surface area (Å²) >= 11 is 0. The highest BCUT2D eigenvalue weighted by Crippen LogP contribution is 2.27. The van der Waals surface area contributed by atoms with Crippen LogP contribution in [0.4, 0.5) is 13.2 Å². The fraction of sp³-hybridized carbons (Fsp3) is 0. The molecule has 2 aromatic rings. The number of hydrogen-bond acceptors (Lipinski definition) is 3. The first kappa shape index (κ1) is 12.9. The van der Waals surface area contributed by atoms with E-state index in [0.717, 1.165) is 12.1 Å². The molecule has 98 valence electrons. The second-order valence-electron chi connectivity index (χ2n) is 3.46. The number of aromatic carboxylic acids is 1. The fourth-order valence-electron chi connectivity index (χ4n) is 1.38. The Balaban J connectivity index is 2.44. The largest absolute Gasteiger partial charge is 0.477 e. The van der Waals surface area contributed by atoms with Crippen LogP contribution in [-0.2, 0) is 0 Å². The molecular formula is C12H6F3NO3. The van der Waals surface area contributed by atoms with Gasteiger partial charge in [-0.1, -0.05) is 6.07 Å². The van der Waals surface area contributed by atoms with Crippen molar-refractivity contribution in [3.8, 4) is 11.6 Å². The molecule has 19 heavy (non-hydrogen) atoms. The van der Waals surface area contributed by atoms with Gasteiger partial charge in [0.15, 0.2) is 5.82 Å². The first-order valence-corrected chi connectivity index (χ1v) is 4.99. The van der Waals surface area contributed by atoms with E-state index < -0.39 is 40.6 Å². The number of rotatable bonds is 3. The minimum Gasteiger partial charge on any atom is -0.477 e. The van der Waals surface area contributed by atoms with E-state index in [-0.39, 0.29) is 0 Å². The number of carboxylic acids is 1. The van der Waals surface area contributed by atoms with Crippen molar-refractivity contribution in [2.45, 2.75) is 0 Å². The quantitative estimate of drug-likeness (QED) is 0.930. The van der Waals surface area contributed by atoms with Gasteiger partial charge in [0.25, 0.3) is 5.88 Å². The van der Waals surface area contributed by atoms with Crippen molar-refractivity contribution in [1.82, 2.24) is 4.98 Å². The van der Waals surface area contributed by atoms with Crippen LogP contribution in [0.3, 0.4) is 0 Å². The number of carboxylic acid groups (broad SMARTS) is 1. The van der Waals surface area contributed by atoms with Crippen LogP contribution in [0.2, 0.25) is 0 Å². The standard InChI is InChI=1S/C12H6F3NO3/c13-6-4-8(15)11(16-5-6)19-9-3-1-2-7(14)10(9)12(17)18/h1-5H,(H,17,18). The topological polar surface area (TPSA) is 59.4 Å². The Morgan fingerprint density at radius 2 is 1.95 bits per heavy atom. The fourth-order valence-corrected chi connectivity index (χ4v) is 1.38. The summed E-state index contributed by atoms with van der Waals surface area (Å²) in [7, 11) is 0. The van der Waals surface area contributed by atoms with Crippen LogP contribution in [0.1, 0.15) is 10.4 Å². The number of aromatic nitrogens is 1. The lowest BCUT2D eigenvalue weighted by atomic mass is 10.2. The molecule has 1 heterocycles. The summed E-state index contributed by atoms with van der Waals surface area (Å²) in [6.07, 6.45) is 0.693. The molecule has 7 heteroatoms. The van der Waals surface area contributed by atoms with Gasteiger partial charge in [0, 0.05) is 6.07 Å². The zero-order valence-electron chi connectivity index (χ0n) is 9.23. The van der Waals surface area contributed by atoms with Gasteiger partial charge in [0.05, 0.1) is 6.20 Å². The van der Waals surface area contributed by atoms with Crippen molar-refractivity contribution >= 4 is 5.97 Å². The second kappa shape index (κ2) is 4.97. The minimum absolute atomic E-state index is 0.425. The molecule has 0 aliphatic rings. The van der Waals surface area contributed by atoms with Crippen LogP contribution in [0.15, 0.2) is 30.5 Å². The maximum Gasteiger partial charge on any atom is 0.342 e. The second-order valence-corrected chi connectivity index (χ2v) is 3.46. The van der Waals surface area contributed by atoms with E-state index in [9.17, 15) is 18.0 Å². The third-order valence-electron chi connectivity index (χ3n) is 2.17. The number of hydrogen-bond donors (Lipinski definition) is 1. The molecule has 0 unspecified atom stereocenters. The summed E-state index contributed by atoms with van der Waals surface area (Å²) in [5, 5.41) is 8.84. The predicted molar refractivity (Wildman–Crippen MR) is 57.6 cm³/mol. The molecule has 0 aliphatic carbocycles. The third-order valence-corrected chi connectivity index (χ3v) is 2.17. The van der Waals surface area contributed by atoms with Gasteiger partial charge < -0.3 is 9.84 Å². The van der Waals surface area contributed by atoms with E-state index in [1.54, 1.807) is 0 Å². The van der Waals surface area contributed by atoms with Crippen molar-refractivity contribution in [3.05, 3.63) is 53.5 Å². The lowest BCUT2D eigenvalue weighted by Crippen LogP contribution is -2.04. The van der Waals surface area contributed by atoms with E-state index in [1.165, 1.54) is 6.07 Å². The summed E-state index contributed by atoms with van der Waals surface area (Å²) < 4.78 is 44.1. The van der Waals surface area contributed by atoms with Crippen molar-refractivity contribution in [1.29, 1.82) is 0 Å².